The van der Waals surface area contributed by atoms with Crippen molar-refractivity contribution in [3.8, 4) is 0 Å². The van der Waals surface area contributed by atoms with Gasteiger partial charge in [0, 0.05) is 12.2 Å². The highest BCUT2D eigenvalue weighted by molar-refractivity contribution is 7.91. The van der Waals surface area contributed by atoms with Crippen molar-refractivity contribution in [2.45, 2.75) is 24.5 Å². The second-order valence-electron chi connectivity index (χ2n) is 5.33. The molecule has 1 aromatic rings. The van der Waals surface area contributed by atoms with E-state index in [0.717, 1.165) is 18.2 Å². The van der Waals surface area contributed by atoms with Gasteiger partial charge in [0.25, 0.3) is 0 Å². The third-order valence-electron chi connectivity index (χ3n) is 4.12. The number of hydrogen-bond acceptors (Lipinski definition) is 4. The number of aliphatic carboxylic acids is 1. The Balaban J connectivity index is 2.46. The van der Waals surface area contributed by atoms with Gasteiger partial charge in [-0.2, -0.15) is 0 Å². The molecular formula is C14H18O5S. The smallest absolute Gasteiger partial charge is 0.314 e. The summed E-state index contributed by atoms with van der Waals surface area (Å²) in [5.41, 5.74) is 0.130. The molecular weight excluding hydrogens is 280 g/mol. The van der Waals surface area contributed by atoms with Gasteiger partial charge in [-0.15, -0.1) is 0 Å². The number of carboxylic acids is 1. The Morgan fingerprint density at radius 1 is 1.30 bits per heavy atom. The molecule has 0 bridgehead atoms. The first-order valence-electron chi connectivity index (χ1n) is 6.41. The molecule has 1 aromatic carbocycles. The number of aryl methyl sites for hydroxylation is 1. The largest absolute Gasteiger partial charge is 0.481 e. The second kappa shape index (κ2) is 4.86. The second-order valence-corrected chi connectivity index (χ2v) is 7.49. The zero-order valence-electron chi connectivity index (χ0n) is 11.4. The maximum Gasteiger partial charge on any atom is 0.314 e. The van der Waals surface area contributed by atoms with Gasteiger partial charge in [-0.1, -0.05) is 31.2 Å². The molecule has 1 aliphatic rings. The molecule has 2 rings (SSSR count). The van der Waals surface area contributed by atoms with Crippen LogP contribution in [-0.2, 0) is 21.1 Å². The fraction of sp³-hybridized carbons (Fsp3) is 0.500. The third kappa shape index (κ3) is 2.13. The van der Waals surface area contributed by atoms with Crippen molar-refractivity contribution in [2.75, 3.05) is 12.9 Å². The molecule has 0 heterocycles. The first-order chi connectivity index (χ1) is 9.29. The molecule has 2 N–H and O–H groups in total. The van der Waals surface area contributed by atoms with Crippen molar-refractivity contribution in [1.29, 1.82) is 0 Å². The van der Waals surface area contributed by atoms with Crippen molar-refractivity contribution < 1.29 is 23.4 Å². The van der Waals surface area contributed by atoms with Crippen LogP contribution in [0.25, 0.3) is 0 Å². The Morgan fingerprint density at radius 3 is 2.15 bits per heavy atom. The average molecular weight is 298 g/mol. The van der Waals surface area contributed by atoms with Crippen molar-refractivity contribution in [1.82, 2.24) is 0 Å². The fourth-order valence-corrected chi connectivity index (χ4v) is 4.88. The van der Waals surface area contributed by atoms with Gasteiger partial charge in [0.15, 0.2) is 9.84 Å². The average Bonchev–Trinajstić information content (AvgIpc) is 3.09. The molecule has 1 fully saturated rings. The Kier molecular flexibility index (Phi) is 3.64. The number of sulfone groups is 1. The topological polar surface area (TPSA) is 91.7 Å². The third-order valence-corrected chi connectivity index (χ3v) is 5.74. The van der Waals surface area contributed by atoms with E-state index in [-0.39, 0.29) is 0 Å². The molecule has 20 heavy (non-hydrogen) atoms. The zero-order valence-corrected chi connectivity index (χ0v) is 12.2. The summed E-state index contributed by atoms with van der Waals surface area (Å²) in [6.07, 6.45) is 1.87. The van der Waals surface area contributed by atoms with E-state index >= 15 is 0 Å². The van der Waals surface area contributed by atoms with E-state index in [9.17, 15) is 23.4 Å². The summed E-state index contributed by atoms with van der Waals surface area (Å²) in [5.74, 6) is -1.95. The zero-order chi connectivity index (χ0) is 15.1. The van der Waals surface area contributed by atoms with Crippen LogP contribution in [0.3, 0.4) is 0 Å². The van der Waals surface area contributed by atoms with E-state index in [1.54, 1.807) is 12.1 Å². The van der Waals surface area contributed by atoms with Crippen molar-refractivity contribution in [2.24, 2.45) is 5.41 Å². The molecule has 5 nitrogen and oxygen atoms in total. The van der Waals surface area contributed by atoms with Gasteiger partial charge in [-0.3, -0.25) is 4.79 Å². The van der Waals surface area contributed by atoms with E-state index < -0.39 is 39.0 Å². The Bertz CT molecular complexity index is 619. The Hall–Kier alpha value is -1.40. The Labute approximate surface area is 118 Å². The lowest BCUT2D eigenvalue weighted by molar-refractivity contribution is -0.145. The van der Waals surface area contributed by atoms with Crippen LogP contribution >= 0.6 is 0 Å². The Morgan fingerprint density at radius 2 is 1.85 bits per heavy atom. The molecule has 0 radical (unpaired) electrons. The number of hydrogen-bond donors (Lipinski definition) is 2. The monoisotopic (exact) mass is 298 g/mol. The fourth-order valence-electron chi connectivity index (χ4n) is 2.98. The maximum atomic E-state index is 11.8. The molecule has 1 aliphatic carbocycles. The predicted octanol–water partition coefficient (Wildman–Crippen LogP) is 0.823. The first kappa shape index (κ1) is 15.0. The predicted molar refractivity (Wildman–Crippen MR) is 74.3 cm³/mol. The van der Waals surface area contributed by atoms with Gasteiger partial charge in [0.2, 0.25) is 0 Å². The van der Waals surface area contributed by atoms with E-state index in [2.05, 4.69) is 0 Å². The molecule has 0 spiro atoms. The van der Waals surface area contributed by atoms with E-state index in [1.165, 1.54) is 0 Å². The summed E-state index contributed by atoms with van der Waals surface area (Å²) in [6.45, 7) is 1.32. The van der Waals surface area contributed by atoms with Crippen LogP contribution in [0.1, 0.15) is 24.0 Å². The highest BCUT2D eigenvalue weighted by Gasteiger charge is 2.74. The minimum absolute atomic E-state index is 0.647. The summed E-state index contributed by atoms with van der Waals surface area (Å²) in [5, 5.41) is 17.7. The molecule has 0 amide bonds. The van der Waals surface area contributed by atoms with E-state index in [4.69, 9.17) is 0 Å². The van der Waals surface area contributed by atoms with Crippen LogP contribution in [0, 0.1) is 5.41 Å². The van der Waals surface area contributed by atoms with Gasteiger partial charge in [0.05, 0.1) is 11.9 Å². The number of carboxylic acid groups (broad SMARTS) is 1. The molecule has 0 aromatic heterocycles. The highest BCUT2D eigenvalue weighted by atomic mass is 32.2. The minimum atomic E-state index is -3.55. The summed E-state index contributed by atoms with van der Waals surface area (Å²) >= 11 is 0. The number of rotatable bonds is 5. The van der Waals surface area contributed by atoms with Crippen molar-refractivity contribution in [3.05, 3.63) is 35.4 Å². The van der Waals surface area contributed by atoms with Crippen LogP contribution in [-0.4, -0.2) is 42.7 Å². The standard InChI is InChI=1S/C14H18O5S/c1-3-9-4-6-10(7-5-9)11-12(20(2,18)19)14(11,8-15)13(16)17/h4-7,11-12,15H,3,8H2,1-2H3,(H,16,17)/t11-,12+,14-/m0/s1. The lowest BCUT2D eigenvalue weighted by atomic mass is 9.99. The summed E-state index contributed by atoms with van der Waals surface area (Å²) in [4.78, 5) is 11.5. The van der Waals surface area contributed by atoms with Gasteiger partial charge >= 0.3 is 5.97 Å². The van der Waals surface area contributed by atoms with Crippen molar-refractivity contribution >= 4 is 15.8 Å². The van der Waals surface area contributed by atoms with Gasteiger partial charge < -0.3 is 10.2 Å². The van der Waals surface area contributed by atoms with Gasteiger partial charge in [-0.25, -0.2) is 8.42 Å². The lowest BCUT2D eigenvalue weighted by Gasteiger charge is -2.08. The molecule has 0 saturated heterocycles. The molecule has 110 valence electrons. The SMILES string of the molecule is CCc1ccc([C@H]2[C@@H](S(C)(=O)=O)[C@@]2(CO)C(=O)O)cc1. The highest BCUT2D eigenvalue weighted by Crippen LogP contribution is 2.62. The molecule has 3 atom stereocenters. The first-order valence-corrected chi connectivity index (χ1v) is 8.36. The van der Waals surface area contributed by atoms with Crippen LogP contribution in [0.4, 0.5) is 0 Å². The lowest BCUT2D eigenvalue weighted by Crippen LogP contribution is -2.27. The minimum Gasteiger partial charge on any atom is -0.481 e. The van der Waals surface area contributed by atoms with Crippen LogP contribution in [0.5, 0.6) is 0 Å². The van der Waals surface area contributed by atoms with Crippen LogP contribution in [0.2, 0.25) is 0 Å². The van der Waals surface area contributed by atoms with E-state index in [1.807, 2.05) is 19.1 Å². The number of carbonyl (C=O) groups is 1. The molecule has 0 aliphatic heterocycles. The normalized spacial score (nSPS) is 29.1. The number of benzene rings is 1. The number of aliphatic hydroxyl groups excluding tert-OH is 1. The van der Waals surface area contributed by atoms with Gasteiger partial charge in [-0.05, 0) is 17.5 Å². The quantitative estimate of drug-likeness (QED) is 0.840. The van der Waals surface area contributed by atoms with Crippen LogP contribution < -0.4 is 0 Å². The van der Waals surface area contributed by atoms with Crippen molar-refractivity contribution in [3.63, 3.8) is 0 Å². The summed E-state index contributed by atoms with van der Waals surface area (Å²) in [6, 6.07) is 7.22. The number of aliphatic hydroxyl groups is 1. The van der Waals surface area contributed by atoms with E-state index in [0.29, 0.717) is 5.56 Å². The molecule has 0 unspecified atom stereocenters. The van der Waals surface area contributed by atoms with Gasteiger partial charge in [0.1, 0.15) is 5.41 Å². The molecule has 6 heteroatoms. The summed E-state index contributed by atoms with van der Waals surface area (Å²) < 4.78 is 23.6. The summed E-state index contributed by atoms with van der Waals surface area (Å²) in [7, 11) is -3.55. The van der Waals surface area contributed by atoms with Crippen LogP contribution in [0.15, 0.2) is 24.3 Å². The molecule has 1 saturated carbocycles. The maximum absolute atomic E-state index is 11.8.